The highest BCUT2D eigenvalue weighted by atomic mass is 35.5. The Kier molecular flexibility index (Phi) is 6.02. The first kappa shape index (κ1) is 17.3. The molecule has 2 aromatic rings. The van der Waals surface area contributed by atoms with Crippen LogP contribution in [0.2, 0.25) is 5.02 Å². The molecule has 0 atom stereocenters. The highest BCUT2D eigenvalue weighted by molar-refractivity contribution is 6.32. The summed E-state index contributed by atoms with van der Waals surface area (Å²) in [5, 5.41) is 3.29. The number of ether oxygens (including phenoxy) is 2. The van der Waals surface area contributed by atoms with Crippen molar-refractivity contribution in [3.05, 3.63) is 58.6 Å². The summed E-state index contributed by atoms with van der Waals surface area (Å²) in [5.74, 6) is 0.401. The number of methoxy groups -OCH3 is 1. The van der Waals surface area contributed by atoms with Crippen LogP contribution in [0.15, 0.2) is 42.5 Å². The van der Waals surface area contributed by atoms with E-state index in [2.05, 4.69) is 5.32 Å². The summed E-state index contributed by atoms with van der Waals surface area (Å²) >= 11 is 6.18. The highest BCUT2D eigenvalue weighted by Gasteiger charge is 2.09. The van der Waals surface area contributed by atoms with Gasteiger partial charge in [-0.25, -0.2) is 0 Å². The zero-order chi connectivity index (χ0) is 16.8. The lowest BCUT2D eigenvalue weighted by Gasteiger charge is -2.13. The maximum Gasteiger partial charge on any atom is 0.255 e. The standard InChI is InChI=1S/C18H20ClNO3/c1-12(2)23-17-8-7-15(10-16(17)19)20-18(21)14-6-4-5-13(9-14)11-22-3/h4-10,12H,11H2,1-3H3,(H,20,21). The molecule has 2 aromatic carbocycles. The van der Waals surface area contributed by atoms with Crippen molar-refractivity contribution in [3.63, 3.8) is 0 Å². The van der Waals surface area contributed by atoms with Gasteiger partial charge >= 0.3 is 0 Å². The van der Waals surface area contributed by atoms with Crippen LogP contribution in [0.1, 0.15) is 29.8 Å². The lowest BCUT2D eigenvalue weighted by atomic mass is 10.1. The largest absolute Gasteiger partial charge is 0.489 e. The smallest absolute Gasteiger partial charge is 0.255 e. The third kappa shape index (κ3) is 4.98. The van der Waals surface area contributed by atoms with E-state index in [1.54, 1.807) is 37.4 Å². The molecule has 0 aliphatic carbocycles. The fourth-order valence-corrected chi connectivity index (χ4v) is 2.33. The minimum Gasteiger partial charge on any atom is -0.489 e. The molecule has 122 valence electrons. The molecule has 1 N–H and O–H groups in total. The van der Waals surface area contributed by atoms with Gasteiger partial charge in [0.05, 0.1) is 17.7 Å². The van der Waals surface area contributed by atoms with E-state index in [0.717, 1.165) is 5.56 Å². The molecule has 0 aliphatic rings. The van der Waals surface area contributed by atoms with Gasteiger partial charge in [0.1, 0.15) is 5.75 Å². The molecule has 0 saturated carbocycles. The van der Waals surface area contributed by atoms with Gasteiger partial charge in [-0.2, -0.15) is 0 Å². The van der Waals surface area contributed by atoms with Crippen LogP contribution in [0.25, 0.3) is 0 Å². The molecule has 0 saturated heterocycles. The van der Waals surface area contributed by atoms with Gasteiger partial charge in [-0.1, -0.05) is 23.7 Å². The summed E-state index contributed by atoms with van der Waals surface area (Å²) in [5.41, 5.74) is 2.13. The molecule has 0 unspecified atom stereocenters. The quantitative estimate of drug-likeness (QED) is 0.845. The van der Waals surface area contributed by atoms with Gasteiger partial charge in [0.25, 0.3) is 5.91 Å². The number of carbonyl (C=O) groups is 1. The molecule has 0 bridgehead atoms. The van der Waals surface area contributed by atoms with Crippen LogP contribution < -0.4 is 10.1 Å². The monoisotopic (exact) mass is 333 g/mol. The third-order valence-electron chi connectivity index (χ3n) is 3.05. The first-order valence-electron chi connectivity index (χ1n) is 7.35. The fraction of sp³-hybridized carbons (Fsp3) is 0.278. The molecule has 0 radical (unpaired) electrons. The zero-order valence-electron chi connectivity index (χ0n) is 13.4. The second kappa shape index (κ2) is 7.99. The summed E-state index contributed by atoms with van der Waals surface area (Å²) in [6, 6.07) is 12.5. The number of carbonyl (C=O) groups excluding carboxylic acids is 1. The van der Waals surface area contributed by atoms with E-state index >= 15 is 0 Å². The molecule has 23 heavy (non-hydrogen) atoms. The molecular formula is C18H20ClNO3. The van der Waals surface area contributed by atoms with Crippen LogP contribution in [0, 0.1) is 0 Å². The maximum atomic E-state index is 12.3. The Bertz CT molecular complexity index is 686. The first-order valence-corrected chi connectivity index (χ1v) is 7.73. The van der Waals surface area contributed by atoms with E-state index in [-0.39, 0.29) is 12.0 Å². The number of hydrogen-bond acceptors (Lipinski definition) is 3. The number of amides is 1. The van der Waals surface area contributed by atoms with Crippen molar-refractivity contribution in [1.82, 2.24) is 0 Å². The lowest BCUT2D eigenvalue weighted by Crippen LogP contribution is -2.12. The normalized spacial score (nSPS) is 10.7. The number of nitrogens with one attached hydrogen (secondary N) is 1. The van der Waals surface area contributed by atoms with E-state index in [1.165, 1.54) is 0 Å². The Morgan fingerprint density at radius 1 is 1.22 bits per heavy atom. The topological polar surface area (TPSA) is 47.6 Å². The SMILES string of the molecule is COCc1cccc(C(=O)Nc2ccc(OC(C)C)c(Cl)c2)c1. The van der Waals surface area contributed by atoms with E-state index < -0.39 is 0 Å². The predicted molar refractivity (Wildman–Crippen MR) is 92.3 cm³/mol. The van der Waals surface area contributed by atoms with Crippen molar-refractivity contribution in [1.29, 1.82) is 0 Å². The summed E-state index contributed by atoms with van der Waals surface area (Å²) < 4.78 is 10.7. The molecule has 1 amide bonds. The van der Waals surface area contributed by atoms with Crippen LogP contribution in [-0.4, -0.2) is 19.1 Å². The van der Waals surface area contributed by atoms with E-state index in [1.807, 2.05) is 26.0 Å². The van der Waals surface area contributed by atoms with Gasteiger partial charge in [0, 0.05) is 18.4 Å². The Morgan fingerprint density at radius 2 is 2.00 bits per heavy atom. The highest BCUT2D eigenvalue weighted by Crippen LogP contribution is 2.28. The van der Waals surface area contributed by atoms with Gasteiger partial charge in [-0.3, -0.25) is 4.79 Å². The number of rotatable bonds is 6. The van der Waals surface area contributed by atoms with Crippen molar-refractivity contribution >= 4 is 23.2 Å². The summed E-state index contributed by atoms with van der Waals surface area (Å²) in [6.07, 6.45) is 0.0384. The summed E-state index contributed by atoms with van der Waals surface area (Å²) in [7, 11) is 1.62. The van der Waals surface area contributed by atoms with E-state index in [0.29, 0.717) is 28.6 Å². The van der Waals surface area contributed by atoms with E-state index in [9.17, 15) is 4.79 Å². The third-order valence-corrected chi connectivity index (χ3v) is 3.35. The van der Waals surface area contributed by atoms with Crippen molar-refractivity contribution in [2.75, 3.05) is 12.4 Å². The van der Waals surface area contributed by atoms with Gasteiger partial charge in [0.15, 0.2) is 0 Å². The van der Waals surface area contributed by atoms with Gasteiger partial charge in [-0.05, 0) is 49.7 Å². The number of halogens is 1. The average molecular weight is 334 g/mol. The minimum atomic E-state index is -0.198. The summed E-state index contributed by atoms with van der Waals surface area (Å²) in [4.78, 5) is 12.3. The molecule has 0 aliphatic heterocycles. The van der Waals surface area contributed by atoms with Crippen LogP contribution in [0.4, 0.5) is 5.69 Å². The Morgan fingerprint density at radius 3 is 2.65 bits per heavy atom. The average Bonchev–Trinajstić information content (AvgIpc) is 2.50. The lowest BCUT2D eigenvalue weighted by molar-refractivity contribution is 0.102. The molecule has 4 nitrogen and oxygen atoms in total. The van der Waals surface area contributed by atoms with Crippen LogP contribution in [0.5, 0.6) is 5.75 Å². The second-order valence-corrected chi connectivity index (χ2v) is 5.81. The summed E-state index contributed by atoms with van der Waals surface area (Å²) in [6.45, 7) is 4.33. The Hall–Kier alpha value is -2.04. The van der Waals surface area contributed by atoms with E-state index in [4.69, 9.17) is 21.1 Å². The number of hydrogen-bond donors (Lipinski definition) is 1. The molecular weight excluding hydrogens is 314 g/mol. The van der Waals surface area contributed by atoms with Crippen molar-refractivity contribution in [2.24, 2.45) is 0 Å². The fourth-order valence-electron chi connectivity index (χ4n) is 2.10. The zero-order valence-corrected chi connectivity index (χ0v) is 14.2. The Balaban J connectivity index is 2.11. The minimum absolute atomic E-state index is 0.0384. The number of anilines is 1. The molecule has 0 heterocycles. The molecule has 0 spiro atoms. The van der Waals surface area contributed by atoms with Crippen LogP contribution >= 0.6 is 11.6 Å². The molecule has 5 heteroatoms. The number of benzene rings is 2. The van der Waals surface area contributed by atoms with Gasteiger partial charge in [-0.15, -0.1) is 0 Å². The second-order valence-electron chi connectivity index (χ2n) is 5.40. The molecule has 0 fully saturated rings. The predicted octanol–water partition coefficient (Wildman–Crippen LogP) is 4.53. The van der Waals surface area contributed by atoms with Crippen molar-refractivity contribution in [2.45, 2.75) is 26.6 Å². The van der Waals surface area contributed by atoms with Crippen molar-refractivity contribution < 1.29 is 14.3 Å². The van der Waals surface area contributed by atoms with Crippen molar-refractivity contribution in [3.8, 4) is 5.75 Å². The van der Waals surface area contributed by atoms with Gasteiger partial charge in [0.2, 0.25) is 0 Å². The molecule has 2 rings (SSSR count). The molecule has 0 aromatic heterocycles. The Labute approximate surface area is 141 Å². The van der Waals surface area contributed by atoms with Crippen LogP contribution in [0.3, 0.4) is 0 Å². The van der Waals surface area contributed by atoms with Crippen LogP contribution in [-0.2, 0) is 11.3 Å². The maximum absolute atomic E-state index is 12.3. The first-order chi connectivity index (χ1) is 11.0. The van der Waals surface area contributed by atoms with Gasteiger partial charge < -0.3 is 14.8 Å².